The van der Waals surface area contributed by atoms with Gasteiger partial charge in [-0.25, -0.2) is 4.98 Å². The Morgan fingerprint density at radius 1 is 1.05 bits per heavy atom. The number of hydrogen-bond acceptors (Lipinski definition) is 6. The van der Waals surface area contributed by atoms with Crippen molar-refractivity contribution in [2.45, 2.75) is 25.4 Å². The fourth-order valence-electron chi connectivity index (χ4n) is 5.25. The van der Waals surface area contributed by atoms with Gasteiger partial charge >= 0.3 is 0 Å². The number of halogens is 1. The SMILES string of the molecule is Cn1nc(C#Cc2ccc(CN(C(=O)c3cc4c(cc3Cl)nc(N)c3cnn(C)c34)C3CC3)nc2)c2ccccc21. The molecule has 1 fully saturated rings. The number of nitrogen functional groups attached to an aromatic ring is 1. The first-order valence-electron chi connectivity index (χ1n) is 13.3. The molecule has 1 saturated carbocycles. The van der Waals surface area contributed by atoms with Crippen LogP contribution in [0.4, 0.5) is 5.82 Å². The topological polar surface area (TPSA) is 108 Å². The van der Waals surface area contributed by atoms with Crippen LogP contribution in [0, 0.1) is 11.8 Å². The molecule has 1 amide bonds. The zero-order valence-electron chi connectivity index (χ0n) is 22.5. The number of aryl methyl sites for hydroxylation is 2. The van der Waals surface area contributed by atoms with Crippen LogP contribution in [0.15, 0.2) is 60.9 Å². The van der Waals surface area contributed by atoms with Crippen molar-refractivity contribution >= 4 is 56.0 Å². The molecular weight excluding hydrogens is 536 g/mol. The van der Waals surface area contributed by atoms with Gasteiger partial charge in [-0.2, -0.15) is 10.2 Å². The number of aromatic nitrogens is 6. The van der Waals surface area contributed by atoms with Crippen LogP contribution in [0.1, 0.15) is 40.2 Å². The molecule has 0 radical (unpaired) electrons. The van der Waals surface area contributed by atoms with E-state index in [1.807, 2.05) is 60.1 Å². The van der Waals surface area contributed by atoms with Crippen molar-refractivity contribution in [3.05, 3.63) is 88.5 Å². The highest BCUT2D eigenvalue weighted by molar-refractivity contribution is 6.35. The summed E-state index contributed by atoms with van der Waals surface area (Å²) in [6, 6.07) is 15.5. The molecule has 6 aromatic rings. The summed E-state index contributed by atoms with van der Waals surface area (Å²) in [6.07, 6.45) is 5.31. The van der Waals surface area contributed by atoms with E-state index in [4.69, 9.17) is 17.3 Å². The molecule has 202 valence electrons. The van der Waals surface area contributed by atoms with Gasteiger partial charge in [-0.3, -0.25) is 19.1 Å². The van der Waals surface area contributed by atoms with E-state index < -0.39 is 0 Å². The molecule has 2 N–H and O–H groups in total. The molecule has 0 aliphatic heterocycles. The van der Waals surface area contributed by atoms with E-state index in [0.29, 0.717) is 28.5 Å². The number of nitrogens with two attached hydrogens (primary N) is 1. The molecule has 1 aliphatic rings. The maximum absolute atomic E-state index is 13.9. The van der Waals surface area contributed by atoms with Crippen molar-refractivity contribution in [3.63, 3.8) is 0 Å². The van der Waals surface area contributed by atoms with Crippen LogP contribution < -0.4 is 5.73 Å². The lowest BCUT2D eigenvalue weighted by Crippen LogP contribution is -2.33. The lowest BCUT2D eigenvalue weighted by molar-refractivity contribution is 0.0728. The normalized spacial score (nSPS) is 13.0. The third-order valence-corrected chi connectivity index (χ3v) is 7.83. The Hall–Kier alpha value is -4.94. The van der Waals surface area contributed by atoms with Crippen LogP contribution >= 0.6 is 11.6 Å². The van der Waals surface area contributed by atoms with Crippen LogP contribution in [-0.2, 0) is 20.6 Å². The number of rotatable bonds is 4. The number of benzene rings is 2. The number of nitrogens with zero attached hydrogens (tertiary/aromatic N) is 7. The van der Waals surface area contributed by atoms with Gasteiger partial charge in [0.2, 0.25) is 0 Å². The van der Waals surface area contributed by atoms with Gasteiger partial charge in [-0.15, -0.1) is 0 Å². The molecule has 9 nitrogen and oxygen atoms in total. The van der Waals surface area contributed by atoms with Crippen molar-refractivity contribution in [1.29, 1.82) is 0 Å². The molecular formula is C31H25ClN8O. The summed E-state index contributed by atoms with van der Waals surface area (Å²) in [5.41, 5.74) is 11.3. The largest absolute Gasteiger partial charge is 0.383 e. The first-order valence-corrected chi connectivity index (χ1v) is 13.7. The number of anilines is 1. The molecule has 41 heavy (non-hydrogen) atoms. The van der Waals surface area contributed by atoms with Crippen molar-refractivity contribution in [2.24, 2.45) is 14.1 Å². The first kappa shape index (κ1) is 25.1. The standard InChI is InChI=1S/C31H25ClN8O/c1-38-28-6-4-3-5-21(28)26(37-38)12-8-18-7-9-19(34-15-18)17-40(20-10-11-20)31(41)22-13-23-27(14-25(22)32)36-30(33)24-16-35-39(2)29(23)24/h3-7,9,13-16,20H,10-11,17H2,1-2H3,(H2,33,36). The van der Waals surface area contributed by atoms with Gasteiger partial charge in [0.25, 0.3) is 5.91 Å². The second kappa shape index (κ2) is 9.61. The van der Waals surface area contributed by atoms with E-state index in [1.165, 1.54) is 0 Å². The maximum Gasteiger partial charge on any atom is 0.255 e. The molecule has 0 bridgehead atoms. The van der Waals surface area contributed by atoms with Crippen LogP contribution in [0.5, 0.6) is 0 Å². The average Bonchev–Trinajstić information content (AvgIpc) is 3.67. The molecule has 2 aromatic carbocycles. The summed E-state index contributed by atoms with van der Waals surface area (Å²) in [6.45, 7) is 0.373. The lowest BCUT2D eigenvalue weighted by Gasteiger charge is -2.23. The molecule has 10 heteroatoms. The fraction of sp³-hybridized carbons (Fsp3) is 0.194. The van der Waals surface area contributed by atoms with Gasteiger partial charge in [-0.1, -0.05) is 29.7 Å². The fourth-order valence-corrected chi connectivity index (χ4v) is 5.49. The number of fused-ring (bicyclic) bond motifs is 4. The van der Waals surface area contributed by atoms with Crippen LogP contribution in [0.25, 0.3) is 32.7 Å². The second-order valence-corrected chi connectivity index (χ2v) is 10.7. The number of para-hydroxylation sites is 1. The van der Waals surface area contributed by atoms with Crippen molar-refractivity contribution in [1.82, 2.24) is 34.4 Å². The predicted molar refractivity (Wildman–Crippen MR) is 159 cm³/mol. The molecule has 0 saturated heterocycles. The maximum atomic E-state index is 13.9. The van der Waals surface area contributed by atoms with Crippen molar-refractivity contribution in [3.8, 4) is 11.8 Å². The molecule has 0 atom stereocenters. The Kier molecular flexibility index (Phi) is 5.87. The van der Waals surface area contributed by atoms with E-state index in [1.54, 1.807) is 29.2 Å². The smallest absolute Gasteiger partial charge is 0.255 e. The summed E-state index contributed by atoms with van der Waals surface area (Å²) in [5, 5.41) is 11.7. The average molecular weight is 561 g/mol. The third-order valence-electron chi connectivity index (χ3n) is 7.52. The number of carbonyl (C=O) groups excluding carboxylic acids is 1. The first-order chi connectivity index (χ1) is 19.9. The minimum atomic E-state index is -0.140. The number of amides is 1. The Bertz CT molecular complexity index is 2060. The van der Waals surface area contributed by atoms with Crippen LogP contribution in [0.3, 0.4) is 0 Å². The minimum absolute atomic E-state index is 0.140. The van der Waals surface area contributed by atoms with Gasteiger partial charge in [0.05, 0.1) is 51.0 Å². The zero-order chi connectivity index (χ0) is 28.2. The summed E-state index contributed by atoms with van der Waals surface area (Å²) in [7, 11) is 3.75. The summed E-state index contributed by atoms with van der Waals surface area (Å²) >= 11 is 6.64. The number of hydrogen-bond donors (Lipinski definition) is 1. The third kappa shape index (κ3) is 4.42. The molecule has 1 aliphatic carbocycles. The van der Waals surface area contributed by atoms with E-state index in [0.717, 1.165) is 57.0 Å². The Morgan fingerprint density at radius 3 is 2.66 bits per heavy atom. The van der Waals surface area contributed by atoms with Crippen LogP contribution in [-0.4, -0.2) is 46.4 Å². The van der Waals surface area contributed by atoms with Gasteiger partial charge in [-0.05, 0) is 55.2 Å². The van der Waals surface area contributed by atoms with Crippen molar-refractivity contribution < 1.29 is 4.79 Å². The highest BCUT2D eigenvalue weighted by atomic mass is 35.5. The van der Waals surface area contributed by atoms with Crippen LogP contribution in [0.2, 0.25) is 5.02 Å². The highest BCUT2D eigenvalue weighted by Gasteiger charge is 2.34. The van der Waals surface area contributed by atoms with E-state index >= 15 is 0 Å². The second-order valence-electron chi connectivity index (χ2n) is 10.3. The number of carbonyl (C=O) groups is 1. The highest BCUT2D eigenvalue weighted by Crippen LogP contribution is 2.35. The van der Waals surface area contributed by atoms with Gasteiger partial charge in [0, 0.05) is 42.7 Å². The Morgan fingerprint density at radius 2 is 1.88 bits per heavy atom. The molecule has 4 heterocycles. The van der Waals surface area contributed by atoms with E-state index in [-0.39, 0.29) is 11.9 Å². The zero-order valence-corrected chi connectivity index (χ0v) is 23.2. The van der Waals surface area contributed by atoms with E-state index in [9.17, 15) is 4.79 Å². The summed E-state index contributed by atoms with van der Waals surface area (Å²) in [4.78, 5) is 24.8. The molecule has 7 rings (SSSR count). The lowest BCUT2D eigenvalue weighted by atomic mass is 10.1. The molecule has 0 unspecified atom stereocenters. The monoisotopic (exact) mass is 560 g/mol. The van der Waals surface area contributed by atoms with Crippen molar-refractivity contribution in [2.75, 3.05) is 5.73 Å². The summed E-state index contributed by atoms with van der Waals surface area (Å²) in [5.74, 6) is 6.58. The Labute approximate surface area is 240 Å². The number of pyridine rings is 2. The predicted octanol–water partition coefficient (Wildman–Crippen LogP) is 4.84. The van der Waals surface area contributed by atoms with E-state index in [2.05, 4.69) is 32.0 Å². The quantitative estimate of drug-likeness (QED) is 0.309. The summed E-state index contributed by atoms with van der Waals surface area (Å²) < 4.78 is 3.57. The minimum Gasteiger partial charge on any atom is -0.383 e. The molecule has 0 spiro atoms. The van der Waals surface area contributed by atoms with Gasteiger partial charge < -0.3 is 10.6 Å². The van der Waals surface area contributed by atoms with Gasteiger partial charge in [0.15, 0.2) is 0 Å². The Balaban J connectivity index is 1.16. The van der Waals surface area contributed by atoms with Gasteiger partial charge in [0.1, 0.15) is 11.5 Å². The molecule has 4 aromatic heterocycles.